The Morgan fingerprint density at radius 2 is 1.95 bits per heavy atom. The van der Waals surface area contributed by atoms with E-state index >= 15 is 0 Å². The van der Waals surface area contributed by atoms with E-state index in [2.05, 4.69) is 9.97 Å². The lowest BCUT2D eigenvalue weighted by atomic mass is 10.2. The number of nitrogens with zero attached hydrogens (tertiary/aromatic N) is 2. The van der Waals surface area contributed by atoms with Gasteiger partial charge in [0, 0.05) is 33.5 Å². The van der Waals surface area contributed by atoms with E-state index in [1.54, 1.807) is 11.8 Å². The number of benzene rings is 1. The van der Waals surface area contributed by atoms with Gasteiger partial charge in [-0.1, -0.05) is 23.7 Å². The standard InChI is InChI=1S/C15H11ClN2S/c16-11-4-5-13-14(9-11)18-8-6-15(13)19-10-12-3-1-2-7-17-12/h1-9H,10H2. The predicted octanol–water partition coefficient (Wildman–Crippen LogP) is 4.58. The third-order valence-electron chi connectivity index (χ3n) is 2.77. The van der Waals surface area contributed by atoms with Gasteiger partial charge >= 0.3 is 0 Å². The van der Waals surface area contributed by atoms with Crippen molar-refractivity contribution in [1.29, 1.82) is 0 Å². The summed E-state index contributed by atoms with van der Waals surface area (Å²) in [5.41, 5.74) is 2.00. The van der Waals surface area contributed by atoms with Crippen molar-refractivity contribution < 1.29 is 0 Å². The number of rotatable bonds is 3. The summed E-state index contributed by atoms with van der Waals surface area (Å²) in [6.07, 6.45) is 3.64. The van der Waals surface area contributed by atoms with Crippen molar-refractivity contribution in [2.45, 2.75) is 10.6 Å². The van der Waals surface area contributed by atoms with Crippen molar-refractivity contribution in [3.05, 3.63) is 65.6 Å². The molecule has 0 fully saturated rings. The van der Waals surface area contributed by atoms with Gasteiger partial charge in [0.15, 0.2) is 0 Å². The summed E-state index contributed by atoms with van der Waals surface area (Å²) in [6.45, 7) is 0. The lowest BCUT2D eigenvalue weighted by Crippen LogP contribution is -1.86. The minimum absolute atomic E-state index is 0.715. The Balaban J connectivity index is 1.89. The maximum atomic E-state index is 5.99. The summed E-state index contributed by atoms with van der Waals surface area (Å²) in [5, 5.41) is 1.85. The van der Waals surface area contributed by atoms with Crippen LogP contribution in [0.1, 0.15) is 5.69 Å². The summed E-state index contributed by atoms with van der Waals surface area (Å²) in [4.78, 5) is 9.88. The molecule has 2 aromatic heterocycles. The quantitative estimate of drug-likeness (QED) is 0.659. The maximum absolute atomic E-state index is 5.99. The van der Waals surface area contributed by atoms with Gasteiger partial charge in [-0.05, 0) is 30.3 Å². The van der Waals surface area contributed by atoms with Crippen molar-refractivity contribution >= 4 is 34.3 Å². The van der Waals surface area contributed by atoms with Crippen LogP contribution in [-0.2, 0) is 5.75 Å². The van der Waals surface area contributed by atoms with Crippen molar-refractivity contribution in [2.24, 2.45) is 0 Å². The largest absolute Gasteiger partial charge is 0.260 e. The van der Waals surface area contributed by atoms with E-state index in [1.807, 2.05) is 54.9 Å². The number of hydrogen-bond donors (Lipinski definition) is 0. The summed E-state index contributed by atoms with van der Waals surface area (Å²) >= 11 is 7.75. The van der Waals surface area contributed by atoms with Crippen molar-refractivity contribution in [1.82, 2.24) is 9.97 Å². The lowest BCUT2D eigenvalue weighted by molar-refractivity contribution is 1.17. The van der Waals surface area contributed by atoms with Crippen LogP contribution in [0.4, 0.5) is 0 Å². The third-order valence-corrected chi connectivity index (χ3v) is 4.11. The number of fused-ring (bicyclic) bond motifs is 1. The van der Waals surface area contributed by atoms with Gasteiger partial charge in [-0.15, -0.1) is 11.8 Å². The molecule has 0 radical (unpaired) electrons. The molecule has 4 heteroatoms. The molecule has 2 heterocycles. The molecule has 3 rings (SSSR count). The van der Waals surface area contributed by atoms with Crippen molar-refractivity contribution in [3.8, 4) is 0 Å². The van der Waals surface area contributed by atoms with Gasteiger partial charge in [-0.3, -0.25) is 9.97 Å². The van der Waals surface area contributed by atoms with Crippen molar-refractivity contribution in [2.75, 3.05) is 0 Å². The summed E-state index contributed by atoms with van der Waals surface area (Å²) in [7, 11) is 0. The number of halogens is 1. The predicted molar refractivity (Wildman–Crippen MR) is 80.6 cm³/mol. The Hall–Kier alpha value is -1.58. The van der Waals surface area contributed by atoms with E-state index in [0.717, 1.165) is 22.3 Å². The fourth-order valence-corrected chi connectivity index (χ4v) is 2.98. The molecule has 0 bridgehead atoms. The van der Waals surface area contributed by atoms with E-state index in [1.165, 1.54) is 4.90 Å². The molecule has 0 aliphatic heterocycles. The minimum Gasteiger partial charge on any atom is -0.260 e. The van der Waals surface area contributed by atoms with Gasteiger partial charge in [0.05, 0.1) is 11.2 Å². The van der Waals surface area contributed by atoms with Gasteiger partial charge in [-0.2, -0.15) is 0 Å². The highest BCUT2D eigenvalue weighted by atomic mass is 35.5. The second kappa shape index (κ2) is 5.59. The molecule has 19 heavy (non-hydrogen) atoms. The molecular weight excluding hydrogens is 276 g/mol. The molecule has 0 N–H and O–H groups in total. The highest BCUT2D eigenvalue weighted by Crippen LogP contribution is 2.30. The summed E-state index contributed by atoms with van der Waals surface area (Å²) in [5.74, 6) is 0.850. The first-order valence-corrected chi connectivity index (χ1v) is 7.26. The first kappa shape index (κ1) is 12.5. The summed E-state index contributed by atoms with van der Waals surface area (Å²) < 4.78 is 0. The van der Waals surface area contributed by atoms with E-state index in [0.29, 0.717) is 5.02 Å². The Morgan fingerprint density at radius 3 is 2.79 bits per heavy atom. The number of aromatic nitrogens is 2. The molecule has 3 aromatic rings. The normalized spacial score (nSPS) is 10.8. The van der Waals surface area contributed by atoms with Crippen LogP contribution in [0.2, 0.25) is 5.02 Å². The molecular formula is C15H11ClN2S. The molecule has 0 saturated heterocycles. The smallest absolute Gasteiger partial charge is 0.0728 e. The fraction of sp³-hybridized carbons (Fsp3) is 0.0667. The number of hydrogen-bond acceptors (Lipinski definition) is 3. The second-order valence-electron chi connectivity index (χ2n) is 4.08. The monoisotopic (exact) mass is 286 g/mol. The maximum Gasteiger partial charge on any atom is 0.0728 e. The van der Waals surface area contributed by atoms with E-state index < -0.39 is 0 Å². The summed E-state index contributed by atoms with van der Waals surface area (Å²) in [6, 6.07) is 13.8. The van der Waals surface area contributed by atoms with Gasteiger partial charge in [0.2, 0.25) is 0 Å². The zero-order valence-corrected chi connectivity index (χ0v) is 11.7. The average molecular weight is 287 g/mol. The molecule has 0 amide bonds. The van der Waals surface area contributed by atoms with E-state index in [4.69, 9.17) is 11.6 Å². The van der Waals surface area contributed by atoms with E-state index in [9.17, 15) is 0 Å². The molecule has 0 saturated carbocycles. The van der Waals surface area contributed by atoms with E-state index in [-0.39, 0.29) is 0 Å². The fourth-order valence-electron chi connectivity index (χ4n) is 1.86. The van der Waals surface area contributed by atoms with Crippen LogP contribution in [-0.4, -0.2) is 9.97 Å². The highest BCUT2D eigenvalue weighted by molar-refractivity contribution is 7.98. The molecule has 0 aliphatic rings. The Bertz CT molecular complexity index is 701. The second-order valence-corrected chi connectivity index (χ2v) is 5.53. The van der Waals surface area contributed by atoms with Crippen LogP contribution in [0.5, 0.6) is 0 Å². The SMILES string of the molecule is Clc1ccc2c(SCc3ccccn3)ccnc2c1. The zero-order valence-electron chi connectivity index (χ0n) is 10.1. The first-order valence-electron chi connectivity index (χ1n) is 5.90. The van der Waals surface area contributed by atoms with Crippen LogP contribution in [0, 0.1) is 0 Å². The molecule has 0 aliphatic carbocycles. The molecule has 94 valence electrons. The van der Waals surface area contributed by atoms with Gasteiger partial charge < -0.3 is 0 Å². The number of thioether (sulfide) groups is 1. The molecule has 0 atom stereocenters. The van der Waals surface area contributed by atoms with Crippen LogP contribution in [0.25, 0.3) is 10.9 Å². The highest BCUT2D eigenvalue weighted by Gasteiger charge is 2.04. The Morgan fingerprint density at radius 1 is 1.00 bits per heavy atom. The minimum atomic E-state index is 0.715. The molecule has 1 aromatic carbocycles. The molecule has 0 spiro atoms. The van der Waals surface area contributed by atoms with Gasteiger partial charge in [0.25, 0.3) is 0 Å². The Labute approximate surface area is 120 Å². The average Bonchev–Trinajstić information content (AvgIpc) is 2.45. The van der Waals surface area contributed by atoms with Crippen LogP contribution in [0.3, 0.4) is 0 Å². The lowest BCUT2D eigenvalue weighted by Gasteiger charge is -2.05. The third kappa shape index (κ3) is 2.88. The van der Waals surface area contributed by atoms with Gasteiger partial charge in [0.1, 0.15) is 0 Å². The van der Waals surface area contributed by atoms with Gasteiger partial charge in [-0.25, -0.2) is 0 Å². The topological polar surface area (TPSA) is 25.8 Å². The van der Waals surface area contributed by atoms with Crippen LogP contribution >= 0.6 is 23.4 Å². The van der Waals surface area contributed by atoms with Crippen molar-refractivity contribution in [3.63, 3.8) is 0 Å². The Kier molecular flexibility index (Phi) is 3.67. The molecule has 0 unspecified atom stereocenters. The molecule has 2 nitrogen and oxygen atoms in total. The zero-order chi connectivity index (χ0) is 13.1. The number of pyridine rings is 2. The first-order chi connectivity index (χ1) is 9.33. The van der Waals surface area contributed by atoms with Crippen LogP contribution in [0.15, 0.2) is 59.8 Å². The van der Waals surface area contributed by atoms with Crippen LogP contribution < -0.4 is 0 Å².